The zero-order chi connectivity index (χ0) is 19.2. The lowest BCUT2D eigenvalue weighted by Crippen LogP contribution is -2.46. The highest BCUT2D eigenvalue weighted by atomic mass is 32.1. The third-order valence-electron chi connectivity index (χ3n) is 5.85. The Labute approximate surface area is 167 Å². The van der Waals surface area contributed by atoms with Crippen molar-refractivity contribution in [2.75, 3.05) is 32.7 Å². The molecule has 2 N–H and O–H groups in total. The molecule has 1 aliphatic carbocycles. The van der Waals surface area contributed by atoms with Gasteiger partial charge in [0, 0.05) is 54.4 Å². The summed E-state index contributed by atoms with van der Waals surface area (Å²) in [6.07, 6.45) is 12.7. The molecular weight excluding hydrogens is 354 g/mol. The quantitative estimate of drug-likeness (QED) is 0.547. The fourth-order valence-electron chi connectivity index (χ4n) is 4.37. The fraction of sp³-hybridized carbons (Fsp3) is 0.591. The number of aryl methyl sites for hydroxylation is 2. The van der Waals surface area contributed by atoms with Gasteiger partial charge in [-0.25, -0.2) is 0 Å². The number of fused-ring (bicyclic) bond motifs is 1. The number of piperazine rings is 1. The highest BCUT2D eigenvalue weighted by Gasteiger charge is 2.24. The van der Waals surface area contributed by atoms with E-state index in [1.165, 1.54) is 52.1 Å². The minimum Gasteiger partial charge on any atom is -0.388 e. The molecule has 1 fully saturated rings. The van der Waals surface area contributed by atoms with Crippen molar-refractivity contribution in [2.45, 2.75) is 52.1 Å². The first-order valence-electron chi connectivity index (χ1n) is 10.2. The molecule has 0 aromatic carbocycles. The number of hydrogen-bond donors (Lipinski definition) is 2. The highest BCUT2D eigenvalue weighted by Crippen LogP contribution is 2.38. The molecule has 1 saturated heterocycles. The van der Waals surface area contributed by atoms with Crippen LogP contribution >= 0.6 is 11.3 Å². The van der Waals surface area contributed by atoms with E-state index in [1.54, 1.807) is 6.08 Å². The van der Waals surface area contributed by atoms with Crippen molar-refractivity contribution in [3.63, 3.8) is 0 Å². The average Bonchev–Trinajstić information content (AvgIpc) is 3.03. The van der Waals surface area contributed by atoms with Gasteiger partial charge in [0.25, 0.3) is 0 Å². The van der Waals surface area contributed by atoms with Gasteiger partial charge in [0.1, 0.15) is 0 Å². The first kappa shape index (κ1) is 20.3. The summed E-state index contributed by atoms with van der Waals surface area (Å²) in [6.45, 7) is 9.26. The van der Waals surface area contributed by atoms with Crippen LogP contribution in [-0.2, 0) is 12.8 Å². The first-order valence-corrected chi connectivity index (χ1v) is 11.1. The Bertz CT molecular complexity index is 699. The van der Waals surface area contributed by atoms with Crippen molar-refractivity contribution >= 4 is 17.6 Å². The molecule has 27 heavy (non-hydrogen) atoms. The molecule has 1 aromatic heterocycles. The topological polar surface area (TPSA) is 50.6 Å². The summed E-state index contributed by atoms with van der Waals surface area (Å²) in [5, 5.41) is 18.0. The molecule has 3 rings (SSSR count). The molecule has 1 aromatic rings. The number of aliphatic hydroxyl groups excluding tert-OH is 1. The molecule has 4 nitrogen and oxygen atoms in total. The van der Waals surface area contributed by atoms with Crippen LogP contribution in [0.3, 0.4) is 0 Å². The smallest absolute Gasteiger partial charge is 0.0815 e. The maximum Gasteiger partial charge on any atom is 0.0815 e. The van der Waals surface area contributed by atoms with E-state index in [9.17, 15) is 5.11 Å². The van der Waals surface area contributed by atoms with Gasteiger partial charge >= 0.3 is 0 Å². The van der Waals surface area contributed by atoms with Crippen molar-refractivity contribution in [2.24, 2.45) is 0 Å². The Balaban J connectivity index is 1.51. The summed E-state index contributed by atoms with van der Waals surface area (Å²) in [7, 11) is 0. The van der Waals surface area contributed by atoms with Crippen LogP contribution in [0.2, 0.25) is 0 Å². The maximum atomic E-state index is 10.9. The Morgan fingerprint density at radius 3 is 2.67 bits per heavy atom. The molecule has 0 bridgehead atoms. The van der Waals surface area contributed by atoms with Gasteiger partial charge < -0.3 is 15.4 Å². The molecule has 5 heteroatoms. The van der Waals surface area contributed by atoms with Gasteiger partial charge in [-0.3, -0.25) is 4.90 Å². The molecule has 2 heterocycles. The predicted molar refractivity (Wildman–Crippen MR) is 115 cm³/mol. The number of thiophene rings is 1. The lowest BCUT2D eigenvalue weighted by atomic mass is 9.91. The molecule has 0 saturated carbocycles. The number of nitrogens with zero attached hydrogens (tertiary/aromatic N) is 2. The molecule has 1 unspecified atom stereocenters. The van der Waals surface area contributed by atoms with E-state index >= 15 is 0 Å². The normalized spacial score (nSPS) is 20.1. The van der Waals surface area contributed by atoms with Crippen molar-refractivity contribution in [1.29, 1.82) is 5.41 Å². The third kappa shape index (κ3) is 4.89. The van der Waals surface area contributed by atoms with Gasteiger partial charge in [0.05, 0.1) is 6.10 Å². The first-order chi connectivity index (χ1) is 13.1. The summed E-state index contributed by atoms with van der Waals surface area (Å²) < 4.78 is 0. The molecule has 0 amide bonds. The third-order valence-corrected chi connectivity index (χ3v) is 7.07. The molecule has 0 radical (unpaired) electrons. The van der Waals surface area contributed by atoms with E-state index in [0.29, 0.717) is 0 Å². The Hall–Kier alpha value is -1.43. The van der Waals surface area contributed by atoms with Gasteiger partial charge in [0.2, 0.25) is 0 Å². The van der Waals surface area contributed by atoms with Crippen LogP contribution in [0.1, 0.15) is 53.2 Å². The molecule has 0 spiro atoms. The van der Waals surface area contributed by atoms with E-state index in [0.717, 1.165) is 45.6 Å². The lowest BCUT2D eigenvalue weighted by Gasteiger charge is -2.37. The number of allylic oxidation sites excluding steroid dienone is 3. The largest absolute Gasteiger partial charge is 0.388 e. The van der Waals surface area contributed by atoms with E-state index in [2.05, 4.69) is 29.7 Å². The standard InChI is InChI=1S/C22H33N3OS/c1-3-18(7-6-11-23)25-15-13-24(14-16-25)12-10-20(26)22-17(2)27-21-9-5-4-8-19(21)22/h3,6-7,11,20,23,26H,4-5,8-10,12-16H2,1-2H3/b7-6-,18-3+,23-11?. The Morgan fingerprint density at radius 1 is 1.22 bits per heavy atom. The van der Waals surface area contributed by atoms with Gasteiger partial charge in [-0.05, 0) is 69.2 Å². The van der Waals surface area contributed by atoms with Gasteiger partial charge in [-0.2, -0.15) is 0 Å². The van der Waals surface area contributed by atoms with E-state index in [-0.39, 0.29) is 6.10 Å². The number of rotatable bonds is 7. The monoisotopic (exact) mass is 387 g/mol. The Morgan fingerprint density at radius 2 is 1.96 bits per heavy atom. The van der Waals surface area contributed by atoms with Crippen molar-refractivity contribution in [3.05, 3.63) is 44.8 Å². The fourth-order valence-corrected chi connectivity index (χ4v) is 5.69. The zero-order valence-electron chi connectivity index (χ0n) is 16.7. The van der Waals surface area contributed by atoms with Crippen LogP contribution < -0.4 is 0 Å². The second-order valence-corrected chi connectivity index (χ2v) is 8.86. The van der Waals surface area contributed by atoms with Gasteiger partial charge in [-0.1, -0.05) is 6.08 Å². The van der Waals surface area contributed by atoms with Crippen LogP contribution in [0.25, 0.3) is 0 Å². The number of aliphatic hydroxyl groups is 1. The molecular formula is C22H33N3OS. The SMILES string of the molecule is C/C=C(\C=C/C=N)N1CCN(CCC(O)c2c(C)sc3c2CCCC3)CC1. The summed E-state index contributed by atoms with van der Waals surface area (Å²) in [4.78, 5) is 7.71. The van der Waals surface area contributed by atoms with Crippen molar-refractivity contribution < 1.29 is 5.11 Å². The summed E-state index contributed by atoms with van der Waals surface area (Å²) in [5.74, 6) is 0. The molecule has 2 aliphatic rings. The van der Waals surface area contributed by atoms with Crippen molar-refractivity contribution in [3.8, 4) is 0 Å². The summed E-state index contributed by atoms with van der Waals surface area (Å²) >= 11 is 1.91. The van der Waals surface area contributed by atoms with E-state index in [1.807, 2.05) is 17.4 Å². The van der Waals surface area contributed by atoms with Gasteiger partial charge in [-0.15, -0.1) is 11.3 Å². The van der Waals surface area contributed by atoms with Gasteiger partial charge in [0.15, 0.2) is 0 Å². The van der Waals surface area contributed by atoms with Crippen LogP contribution in [0.15, 0.2) is 23.9 Å². The van der Waals surface area contributed by atoms with Crippen LogP contribution in [0.5, 0.6) is 0 Å². The molecule has 1 atom stereocenters. The minimum absolute atomic E-state index is 0.317. The van der Waals surface area contributed by atoms with E-state index < -0.39 is 0 Å². The second kappa shape index (κ2) is 9.67. The van der Waals surface area contributed by atoms with E-state index in [4.69, 9.17) is 5.41 Å². The summed E-state index contributed by atoms with van der Waals surface area (Å²) in [5.41, 5.74) is 3.91. The lowest BCUT2D eigenvalue weighted by molar-refractivity contribution is 0.115. The highest BCUT2D eigenvalue weighted by molar-refractivity contribution is 7.12. The Kier molecular flexibility index (Phi) is 7.27. The molecule has 148 valence electrons. The van der Waals surface area contributed by atoms with Crippen molar-refractivity contribution in [1.82, 2.24) is 9.80 Å². The van der Waals surface area contributed by atoms with Crippen LogP contribution in [0.4, 0.5) is 0 Å². The number of hydrogen-bond acceptors (Lipinski definition) is 5. The predicted octanol–water partition coefficient (Wildman–Crippen LogP) is 4.09. The summed E-state index contributed by atoms with van der Waals surface area (Å²) in [6, 6.07) is 0. The van der Waals surface area contributed by atoms with Crippen LogP contribution in [0, 0.1) is 12.3 Å². The second-order valence-electron chi connectivity index (χ2n) is 7.55. The zero-order valence-corrected chi connectivity index (χ0v) is 17.5. The maximum absolute atomic E-state index is 10.9. The average molecular weight is 388 g/mol. The number of nitrogens with one attached hydrogen (secondary N) is 1. The van der Waals surface area contributed by atoms with Crippen LogP contribution in [-0.4, -0.2) is 53.8 Å². The minimum atomic E-state index is -0.317. The molecule has 1 aliphatic heterocycles.